The van der Waals surface area contributed by atoms with Crippen LogP contribution in [0.2, 0.25) is 0 Å². The Morgan fingerprint density at radius 3 is 2.58 bits per heavy atom. The fourth-order valence-corrected chi connectivity index (χ4v) is 1.65. The van der Waals surface area contributed by atoms with E-state index in [4.69, 9.17) is 10.00 Å². The minimum absolute atomic E-state index is 0.0131. The van der Waals surface area contributed by atoms with Gasteiger partial charge in [0.15, 0.2) is 0 Å². The van der Waals surface area contributed by atoms with E-state index >= 15 is 0 Å². The summed E-state index contributed by atoms with van der Waals surface area (Å²) in [6, 6.07) is 4.58. The molecule has 0 aliphatic heterocycles. The predicted molar refractivity (Wildman–Crippen MR) is 63.1 cm³/mol. The first kappa shape index (κ1) is 14.9. The highest BCUT2D eigenvalue weighted by molar-refractivity contribution is 5.95. The second-order valence-corrected chi connectivity index (χ2v) is 3.54. The van der Waals surface area contributed by atoms with Crippen LogP contribution in [-0.2, 0) is 11.2 Å². The summed E-state index contributed by atoms with van der Waals surface area (Å²) >= 11 is 0. The van der Waals surface area contributed by atoms with Crippen molar-refractivity contribution in [2.75, 3.05) is 6.61 Å². The number of carbonyl (C=O) groups is 1. The van der Waals surface area contributed by atoms with Gasteiger partial charge in [0.2, 0.25) is 0 Å². The van der Waals surface area contributed by atoms with E-state index in [9.17, 15) is 13.6 Å². The maximum atomic E-state index is 12.3. The van der Waals surface area contributed by atoms with Crippen molar-refractivity contribution < 1.29 is 23.0 Å². The van der Waals surface area contributed by atoms with E-state index in [0.29, 0.717) is 12.0 Å². The first-order valence-corrected chi connectivity index (χ1v) is 5.73. The molecular weight excluding hydrogens is 256 g/mol. The number of hydrogen-bond donors (Lipinski definition) is 0. The van der Waals surface area contributed by atoms with Gasteiger partial charge in [0.05, 0.1) is 12.2 Å². The number of carbonyl (C=O) groups excluding carboxylic acids is 1. The zero-order valence-corrected chi connectivity index (χ0v) is 10.6. The zero-order valence-electron chi connectivity index (χ0n) is 10.6. The van der Waals surface area contributed by atoms with Crippen molar-refractivity contribution in [3.05, 3.63) is 28.8 Å². The number of rotatable bonds is 5. The molecule has 4 nitrogen and oxygen atoms in total. The van der Waals surface area contributed by atoms with Crippen molar-refractivity contribution in [3.8, 4) is 11.8 Å². The van der Waals surface area contributed by atoms with Crippen molar-refractivity contribution in [2.45, 2.75) is 26.9 Å². The van der Waals surface area contributed by atoms with Crippen LogP contribution in [0.25, 0.3) is 0 Å². The highest BCUT2D eigenvalue weighted by Gasteiger charge is 2.23. The Kier molecular flexibility index (Phi) is 5.24. The van der Waals surface area contributed by atoms with E-state index in [1.165, 1.54) is 12.1 Å². The number of alkyl halides is 2. The van der Waals surface area contributed by atoms with Crippen molar-refractivity contribution in [3.63, 3.8) is 0 Å². The average molecular weight is 269 g/mol. The summed E-state index contributed by atoms with van der Waals surface area (Å²) in [5.74, 6) is -1.19. The van der Waals surface area contributed by atoms with Crippen LogP contribution in [0.4, 0.5) is 8.78 Å². The van der Waals surface area contributed by atoms with E-state index in [1.54, 1.807) is 13.8 Å². The normalized spacial score (nSPS) is 10.1. The van der Waals surface area contributed by atoms with Gasteiger partial charge in [0.1, 0.15) is 17.4 Å². The topological polar surface area (TPSA) is 59.3 Å². The van der Waals surface area contributed by atoms with Crippen molar-refractivity contribution in [1.29, 1.82) is 5.26 Å². The minimum Gasteiger partial charge on any atom is -0.462 e. The second kappa shape index (κ2) is 6.69. The lowest BCUT2D eigenvalue weighted by atomic mass is 9.99. The van der Waals surface area contributed by atoms with Crippen LogP contribution in [0.3, 0.4) is 0 Å². The quantitative estimate of drug-likeness (QED) is 0.771. The maximum Gasteiger partial charge on any atom is 0.387 e. The Morgan fingerprint density at radius 1 is 1.42 bits per heavy atom. The van der Waals surface area contributed by atoms with E-state index in [-0.39, 0.29) is 23.5 Å². The molecule has 1 rings (SSSR count). The molecule has 0 amide bonds. The van der Waals surface area contributed by atoms with Gasteiger partial charge in [-0.15, -0.1) is 0 Å². The molecule has 0 atom stereocenters. The molecule has 1 aromatic rings. The Bertz CT molecular complexity index is 509. The molecule has 0 aromatic heterocycles. The number of esters is 1. The van der Waals surface area contributed by atoms with Crippen molar-refractivity contribution in [2.24, 2.45) is 0 Å². The number of aryl methyl sites for hydroxylation is 1. The first-order chi connectivity index (χ1) is 9.04. The molecule has 1 aromatic carbocycles. The monoisotopic (exact) mass is 269 g/mol. The molecule has 0 unspecified atom stereocenters. The third-order valence-electron chi connectivity index (χ3n) is 2.44. The molecule has 0 heterocycles. The average Bonchev–Trinajstić information content (AvgIpc) is 2.37. The summed E-state index contributed by atoms with van der Waals surface area (Å²) < 4.78 is 33.7. The van der Waals surface area contributed by atoms with Gasteiger partial charge in [-0.2, -0.15) is 14.0 Å². The van der Waals surface area contributed by atoms with Gasteiger partial charge in [-0.25, -0.2) is 4.79 Å². The summed E-state index contributed by atoms with van der Waals surface area (Å²) in [5.41, 5.74) is 0.343. The lowest BCUT2D eigenvalue weighted by molar-refractivity contribution is -0.0504. The van der Waals surface area contributed by atoms with Crippen molar-refractivity contribution in [1.82, 2.24) is 0 Å². The molecule has 0 radical (unpaired) electrons. The summed E-state index contributed by atoms with van der Waals surface area (Å²) in [6.07, 6.45) is 0.490. The smallest absolute Gasteiger partial charge is 0.387 e. The van der Waals surface area contributed by atoms with Gasteiger partial charge < -0.3 is 9.47 Å². The van der Waals surface area contributed by atoms with Crippen LogP contribution in [-0.4, -0.2) is 19.2 Å². The molecule has 0 N–H and O–H groups in total. The van der Waals surface area contributed by atoms with Crippen LogP contribution < -0.4 is 4.74 Å². The van der Waals surface area contributed by atoms with Gasteiger partial charge >= 0.3 is 12.6 Å². The van der Waals surface area contributed by atoms with E-state index in [0.717, 1.165) is 0 Å². The van der Waals surface area contributed by atoms with Crippen LogP contribution in [0.1, 0.15) is 35.3 Å². The highest BCUT2D eigenvalue weighted by Crippen LogP contribution is 2.28. The van der Waals surface area contributed by atoms with Gasteiger partial charge in [0, 0.05) is 0 Å². The standard InChI is InChI=1S/C13H13F2NO3/c1-3-8-5-6-10(19-13(14)15)11(9(8)7-16)12(17)18-4-2/h5-6,13H,3-4H2,1-2H3. The maximum absolute atomic E-state index is 12.3. The van der Waals surface area contributed by atoms with Crippen molar-refractivity contribution >= 4 is 5.97 Å². The van der Waals surface area contributed by atoms with E-state index < -0.39 is 12.6 Å². The molecule has 0 saturated heterocycles. The molecular formula is C13H13F2NO3. The van der Waals surface area contributed by atoms with Gasteiger partial charge in [-0.3, -0.25) is 0 Å². The summed E-state index contributed by atoms with van der Waals surface area (Å²) in [5, 5.41) is 9.11. The Balaban J connectivity index is 3.40. The third-order valence-corrected chi connectivity index (χ3v) is 2.44. The number of ether oxygens (including phenoxy) is 2. The molecule has 6 heteroatoms. The van der Waals surface area contributed by atoms with Crippen LogP contribution in [0.5, 0.6) is 5.75 Å². The lowest BCUT2D eigenvalue weighted by Gasteiger charge is -2.13. The van der Waals surface area contributed by atoms with Gasteiger partial charge in [-0.05, 0) is 25.0 Å². The predicted octanol–water partition coefficient (Wildman–Crippen LogP) is 2.90. The summed E-state index contributed by atoms with van der Waals surface area (Å²) in [6.45, 7) is 0.376. The number of halogens is 2. The largest absolute Gasteiger partial charge is 0.462 e. The number of nitriles is 1. The van der Waals surface area contributed by atoms with E-state index in [2.05, 4.69) is 4.74 Å². The number of nitrogens with zero attached hydrogens (tertiary/aromatic N) is 1. The zero-order chi connectivity index (χ0) is 14.4. The third kappa shape index (κ3) is 3.41. The minimum atomic E-state index is -3.08. The van der Waals surface area contributed by atoms with Crippen LogP contribution in [0.15, 0.2) is 12.1 Å². The summed E-state index contributed by atoms with van der Waals surface area (Å²) in [7, 11) is 0. The number of benzene rings is 1. The summed E-state index contributed by atoms with van der Waals surface area (Å²) in [4.78, 5) is 11.8. The Morgan fingerprint density at radius 2 is 2.11 bits per heavy atom. The van der Waals surface area contributed by atoms with Crippen LogP contribution >= 0.6 is 0 Å². The molecule has 19 heavy (non-hydrogen) atoms. The molecule has 0 fully saturated rings. The molecule has 0 bridgehead atoms. The molecule has 0 aliphatic carbocycles. The molecule has 0 saturated carbocycles. The molecule has 0 aliphatic rings. The first-order valence-electron chi connectivity index (χ1n) is 5.73. The van der Waals surface area contributed by atoms with E-state index in [1.807, 2.05) is 6.07 Å². The second-order valence-electron chi connectivity index (χ2n) is 3.54. The fourth-order valence-electron chi connectivity index (χ4n) is 1.65. The highest BCUT2D eigenvalue weighted by atomic mass is 19.3. The van der Waals surface area contributed by atoms with Gasteiger partial charge in [-0.1, -0.05) is 13.0 Å². The Hall–Kier alpha value is -2.16. The SMILES string of the molecule is CCOC(=O)c1c(OC(F)F)ccc(CC)c1C#N. The Labute approximate surface area is 109 Å². The fraction of sp³-hybridized carbons (Fsp3) is 0.385. The van der Waals surface area contributed by atoms with Crippen LogP contribution in [0, 0.1) is 11.3 Å². The van der Waals surface area contributed by atoms with Gasteiger partial charge in [0.25, 0.3) is 0 Å². The molecule has 0 spiro atoms. The number of hydrogen-bond acceptors (Lipinski definition) is 4. The molecule has 102 valence electrons. The lowest BCUT2D eigenvalue weighted by Crippen LogP contribution is -2.13.